The van der Waals surface area contributed by atoms with Gasteiger partial charge in [-0.1, -0.05) is 68.3 Å². The molecule has 0 heterocycles. The molecule has 0 aromatic heterocycles. The largest absolute Gasteiger partial charge is 0.393 e. The molecule has 2 nitrogen and oxygen atoms in total. The first-order valence-corrected chi connectivity index (χ1v) is 7.84. The molecule has 0 amide bonds. The predicted molar refractivity (Wildman–Crippen MR) is 89.4 cm³/mol. The summed E-state index contributed by atoms with van der Waals surface area (Å²) in [6, 6.07) is 20.7. The van der Waals surface area contributed by atoms with Crippen LogP contribution >= 0.6 is 0 Å². The Kier molecular flexibility index (Phi) is 6.29. The van der Waals surface area contributed by atoms with Crippen molar-refractivity contribution < 1.29 is 5.11 Å². The number of rotatable bonds is 8. The maximum atomic E-state index is 10.3. The summed E-state index contributed by atoms with van der Waals surface area (Å²) < 4.78 is 0. The Bertz CT molecular complexity index is 497. The van der Waals surface area contributed by atoms with Crippen LogP contribution in [-0.2, 0) is 0 Å². The molecule has 2 N–H and O–H groups in total. The molecule has 0 saturated carbocycles. The van der Waals surface area contributed by atoms with Crippen molar-refractivity contribution in [2.24, 2.45) is 0 Å². The highest BCUT2D eigenvalue weighted by Gasteiger charge is 2.16. The minimum absolute atomic E-state index is 0.139. The number of para-hydroxylation sites is 1. The molecule has 2 aromatic rings. The van der Waals surface area contributed by atoms with Crippen molar-refractivity contribution in [3.8, 4) is 0 Å². The number of aliphatic hydroxyl groups excluding tert-OH is 1. The number of unbranched alkanes of at least 4 members (excludes halogenated alkanes) is 1. The lowest BCUT2D eigenvalue weighted by molar-refractivity contribution is 0.145. The van der Waals surface area contributed by atoms with Gasteiger partial charge in [0.15, 0.2) is 0 Å². The molecule has 112 valence electrons. The van der Waals surface area contributed by atoms with Crippen LogP contribution < -0.4 is 5.32 Å². The minimum atomic E-state index is -0.258. The first-order chi connectivity index (χ1) is 10.3. The van der Waals surface area contributed by atoms with Crippen LogP contribution in [0.15, 0.2) is 60.7 Å². The monoisotopic (exact) mass is 283 g/mol. The summed E-state index contributed by atoms with van der Waals surface area (Å²) >= 11 is 0. The summed E-state index contributed by atoms with van der Waals surface area (Å²) in [5.74, 6) is 0. The molecular weight excluding hydrogens is 258 g/mol. The van der Waals surface area contributed by atoms with E-state index in [2.05, 4.69) is 36.5 Å². The van der Waals surface area contributed by atoms with E-state index in [1.54, 1.807) is 0 Å². The van der Waals surface area contributed by atoms with Crippen LogP contribution in [0.25, 0.3) is 0 Å². The summed E-state index contributed by atoms with van der Waals surface area (Å²) in [5, 5.41) is 13.8. The topological polar surface area (TPSA) is 32.3 Å². The van der Waals surface area contributed by atoms with E-state index < -0.39 is 0 Å². The fourth-order valence-corrected chi connectivity index (χ4v) is 2.53. The summed E-state index contributed by atoms with van der Waals surface area (Å²) in [7, 11) is 0. The second-order valence-electron chi connectivity index (χ2n) is 5.51. The second-order valence-corrected chi connectivity index (χ2v) is 5.51. The summed E-state index contributed by atoms with van der Waals surface area (Å²) in [6.45, 7) is 2.16. The van der Waals surface area contributed by atoms with Crippen LogP contribution in [0.1, 0.15) is 44.2 Å². The molecule has 2 rings (SSSR count). The van der Waals surface area contributed by atoms with Crippen molar-refractivity contribution in [1.29, 1.82) is 0 Å². The molecular formula is C19H25NO. The molecule has 0 fully saturated rings. The maximum Gasteiger partial charge on any atom is 0.0563 e. The van der Waals surface area contributed by atoms with E-state index >= 15 is 0 Å². The molecule has 0 aliphatic heterocycles. The summed E-state index contributed by atoms with van der Waals surface area (Å²) in [5.41, 5.74) is 2.31. The van der Waals surface area contributed by atoms with Crippen LogP contribution in [-0.4, -0.2) is 11.2 Å². The first-order valence-electron chi connectivity index (χ1n) is 7.84. The minimum Gasteiger partial charge on any atom is -0.393 e. The normalized spacial score (nSPS) is 13.6. The van der Waals surface area contributed by atoms with E-state index in [0.29, 0.717) is 0 Å². The first kappa shape index (κ1) is 15.6. The zero-order valence-corrected chi connectivity index (χ0v) is 12.7. The second kappa shape index (κ2) is 8.48. The van der Waals surface area contributed by atoms with Gasteiger partial charge in [-0.2, -0.15) is 0 Å². The molecule has 2 atom stereocenters. The summed E-state index contributed by atoms with van der Waals surface area (Å²) in [4.78, 5) is 0. The highest BCUT2D eigenvalue weighted by molar-refractivity contribution is 5.45. The van der Waals surface area contributed by atoms with Crippen molar-refractivity contribution in [3.05, 3.63) is 66.2 Å². The van der Waals surface area contributed by atoms with Crippen molar-refractivity contribution >= 4 is 5.69 Å². The Balaban J connectivity index is 2.07. The molecule has 2 aromatic carbocycles. The van der Waals surface area contributed by atoms with Gasteiger partial charge in [0, 0.05) is 5.69 Å². The van der Waals surface area contributed by atoms with E-state index in [4.69, 9.17) is 0 Å². The highest BCUT2D eigenvalue weighted by atomic mass is 16.3. The third kappa shape index (κ3) is 5.24. The smallest absolute Gasteiger partial charge is 0.0563 e. The Hall–Kier alpha value is -1.80. The molecule has 0 radical (unpaired) electrons. The van der Waals surface area contributed by atoms with Gasteiger partial charge in [-0.15, -0.1) is 0 Å². The lowest BCUT2D eigenvalue weighted by Gasteiger charge is -2.23. The lowest BCUT2D eigenvalue weighted by Crippen LogP contribution is -2.18. The van der Waals surface area contributed by atoms with Gasteiger partial charge < -0.3 is 10.4 Å². The molecule has 0 spiro atoms. The number of hydrogen-bond acceptors (Lipinski definition) is 2. The quantitative estimate of drug-likeness (QED) is 0.730. The van der Waals surface area contributed by atoms with E-state index in [-0.39, 0.29) is 12.1 Å². The lowest BCUT2D eigenvalue weighted by atomic mass is 9.97. The van der Waals surface area contributed by atoms with Gasteiger partial charge in [0.25, 0.3) is 0 Å². The highest BCUT2D eigenvalue weighted by Crippen LogP contribution is 2.25. The van der Waals surface area contributed by atoms with Gasteiger partial charge in [-0.05, 0) is 30.5 Å². The van der Waals surface area contributed by atoms with Gasteiger partial charge in [-0.3, -0.25) is 0 Å². The molecule has 0 aliphatic carbocycles. The number of anilines is 1. The van der Waals surface area contributed by atoms with E-state index in [1.165, 1.54) is 5.56 Å². The fraction of sp³-hybridized carbons (Fsp3) is 0.368. The van der Waals surface area contributed by atoms with Crippen LogP contribution in [0.3, 0.4) is 0 Å². The number of hydrogen-bond donors (Lipinski definition) is 2. The average molecular weight is 283 g/mol. The molecule has 0 bridgehead atoms. The number of benzene rings is 2. The van der Waals surface area contributed by atoms with Crippen LogP contribution in [0.5, 0.6) is 0 Å². The Labute approximate surface area is 127 Å². The van der Waals surface area contributed by atoms with E-state index in [0.717, 1.165) is 31.4 Å². The number of nitrogens with one attached hydrogen (secondary N) is 1. The Morgan fingerprint density at radius 3 is 2.19 bits per heavy atom. The molecule has 0 unspecified atom stereocenters. The van der Waals surface area contributed by atoms with Gasteiger partial charge in [0.05, 0.1) is 12.1 Å². The number of aliphatic hydroxyl groups is 1. The fourth-order valence-electron chi connectivity index (χ4n) is 2.53. The Morgan fingerprint density at radius 2 is 1.57 bits per heavy atom. The zero-order chi connectivity index (χ0) is 14.9. The van der Waals surface area contributed by atoms with Gasteiger partial charge in [-0.25, -0.2) is 0 Å². The average Bonchev–Trinajstić information content (AvgIpc) is 2.54. The van der Waals surface area contributed by atoms with Crippen LogP contribution in [0.4, 0.5) is 5.69 Å². The third-order valence-corrected chi connectivity index (χ3v) is 3.72. The SMILES string of the molecule is CCCC[C@H](O)C[C@H](Nc1ccccc1)c1ccccc1. The third-order valence-electron chi connectivity index (χ3n) is 3.72. The van der Waals surface area contributed by atoms with Crippen molar-refractivity contribution in [2.75, 3.05) is 5.32 Å². The molecule has 0 saturated heterocycles. The van der Waals surface area contributed by atoms with Gasteiger partial charge in [0.2, 0.25) is 0 Å². The van der Waals surface area contributed by atoms with Crippen LogP contribution in [0, 0.1) is 0 Å². The van der Waals surface area contributed by atoms with Crippen molar-refractivity contribution in [1.82, 2.24) is 0 Å². The summed E-state index contributed by atoms with van der Waals surface area (Å²) in [6.07, 6.45) is 3.55. The molecule has 0 aliphatic rings. The standard InChI is InChI=1S/C19H25NO/c1-2-3-14-18(21)15-19(16-10-6-4-7-11-16)20-17-12-8-5-9-13-17/h4-13,18-21H,2-3,14-15H2,1H3/t18-,19-/m0/s1. The molecule has 21 heavy (non-hydrogen) atoms. The van der Waals surface area contributed by atoms with E-state index in [1.807, 2.05) is 36.4 Å². The van der Waals surface area contributed by atoms with E-state index in [9.17, 15) is 5.11 Å². The van der Waals surface area contributed by atoms with Gasteiger partial charge in [0.1, 0.15) is 0 Å². The zero-order valence-electron chi connectivity index (χ0n) is 12.7. The Morgan fingerprint density at radius 1 is 0.952 bits per heavy atom. The van der Waals surface area contributed by atoms with Crippen molar-refractivity contribution in [3.63, 3.8) is 0 Å². The van der Waals surface area contributed by atoms with Gasteiger partial charge >= 0.3 is 0 Å². The maximum absolute atomic E-state index is 10.3. The predicted octanol–water partition coefficient (Wildman–Crippen LogP) is 4.78. The molecule has 2 heteroatoms. The van der Waals surface area contributed by atoms with Crippen LogP contribution in [0.2, 0.25) is 0 Å². The van der Waals surface area contributed by atoms with Crippen molar-refractivity contribution in [2.45, 2.75) is 44.8 Å².